The van der Waals surface area contributed by atoms with E-state index < -0.39 is 0 Å². The lowest BCUT2D eigenvalue weighted by Crippen LogP contribution is -2.48. The normalized spacial score (nSPS) is 27.0. The standard InChI is InChI=1S/C12H23N3OS/c1-15-6-4-10(5-7-15)14-12(17)13-9-11-3-2-8-16-11/h10-11H,2-9H2,1H3,(H2,13,14,17)/t11-/m0/s1. The average Bonchev–Trinajstić information content (AvgIpc) is 2.83. The van der Waals surface area contributed by atoms with Gasteiger partial charge in [-0.1, -0.05) is 0 Å². The summed E-state index contributed by atoms with van der Waals surface area (Å²) in [5.41, 5.74) is 0. The van der Waals surface area contributed by atoms with Crippen molar-refractivity contribution in [1.82, 2.24) is 15.5 Å². The maximum atomic E-state index is 5.55. The zero-order valence-corrected chi connectivity index (χ0v) is 11.4. The molecule has 2 N–H and O–H groups in total. The number of thiocarbonyl (C=S) groups is 1. The third-order valence-corrected chi connectivity index (χ3v) is 3.83. The van der Waals surface area contributed by atoms with Gasteiger partial charge in [-0.15, -0.1) is 0 Å². The summed E-state index contributed by atoms with van der Waals surface area (Å²) in [5.74, 6) is 0. The van der Waals surface area contributed by atoms with Gasteiger partial charge in [0.1, 0.15) is 0 Å². The van der Waals surface area contributed by atoms with E-state index in [1.165, 1.54) is 19.3 Å². The van der Waals surface area contributed by atoms with E-state index in [2.05, 4.69) is 22.6 Å². The zero-order valence-electron chi connectivity index (χ0n) is 10.6. The van der Waals surface area contributed by atoms with Crippen LogP contribution in [0, 0.1) is 0 Å². The lowest BCUT2D eigenvalue weighted by Gasteiger charge is -2.30. The van der Waals surface area contributed by atoms with Gasteiger partial charge < -0.3 is 20.3 Å². The second kappa shape index (κ2) is 6.52. The van der Waals surface area contributed by atoms with E-state index in [0.717, 1.165) is 37.8 Å². The molecular formula is C12H23N3OS. The lowest BCUT2D eigenvalue weighted by molar-refractivity contribution is 0.114. The molecule has 98 valence electrons. The highest BCUT2D eigenvalue weighted by molar-refractivity contribution is 7.80. The van der Waals surface area contributed by atoms with Gasteiger partial charge in [0.15, 0.2) is 5.11 Å². The number of nitrogens with one attached hydrogen (secondary N) is 2. The smallest absolute Gasteiger partial charge is 0.166 e. The van der Waals surface area contributed by atoms with Crippen LogP contribution in [0.15, 0.2) is 0 Å². The topological polar surface area (TPSA) is 36.5 Å². The van der Waals surface area contributed by atoms with Gasteiger partial charge in [0.05, 0.1) is 6.10 Å². The Balaban J connectivity index is 1.60. The van der Waals surface area contributed by atoms with Crippen LogP contribution in [0.3, 0.4) is 0 Å². The summed E-state index contributed by atoms with van der Waals surface area (Å²) in [6.07, 6.45) is 5.05. The summed E-state index contributed by atoms with van der Waals surface area (Å²) >= 11 is 5.31. The van der Waals surface area contributed by atoms with Crippen molar-refractivity contribution in [1.29, 1.82) is 0 Å². The van der Waals surface area contributed by atoms with Gasteiger partial charge in [0, 0.05) is 19.2 Å². The molecule has 2 aliphatic rings. The molecule has 2 heterocycles. The molecule has 2 saturated heterocycles. The first-order chi connectivity index (χ1) is 8.24. The summed E-state index contributed by atoms with van der Waals surface area (Å²) in [4.78, 5) is 2.36. The van der Waals surface area contributed by atoms with Gasteiger partial charge in [-0.05, 0) is 58.0 Å². The Kier molecular flexibility index (Phi) is 5.00. The van der Waals surface area contributed by atoms with Crippen molar-refractivity contribution >= 4 is 17.3 Å². The maximum Gasteiger partial charge on any atom is 0.166 e. The van der Waals surface area contributed by atoms with Crippen LogP contribution in [0.4, 0.5) is 0 Å². The van der Waals surface area contributed by atoms with Gasteiger partial charge in [-0.25, -0.2) is 0 Å². The molecule has 1 atom stereocenters. The van der Waals surface area contributed by atoms with Gasteiger partial charge >= 0.3 is 0 Å². The van der Waals surface area contributed by atoms with Gasteiger partial charge in [-0.3, -0.25) is 0 Å². The van der Waals surface area contributed by atoms with E-state index in [0.29, 0.717) is 12.1 Å². The molecule has 2 aliphatic heterocycles. The maximum absolute atomic E-state index is 5.55. The predicted octanol–water partition coefficient (Wildman–Crippen LogP) is 0.724. The van der Waals surface area contributed by atoms with Gasteiger partial charge in [0.25, 0.3) is 0 Å². The minimum absolute atomic E-state index is 0.354. The van der Waals surface area contributed by atoms with Crippen LogP contribution in [0.1, 0.15) is 25.7 Å². The molecule has 0 unspecified atom stereocenters. The first-order valence-electron chi connectivity index (χ1n) is 6.58. The van der Waals surface area contributed by atoms with E-state index in [-0.39, 0.29) is 0 Å². The quantitative estimate of drug-likeness (QED) is 0.729. The molecule has 0 aromatic carbocycles. The Hall–Kier alpha value is -0.390. The van der Waals surface area contributed by atoms with Crippen LogP contribution in [-0.4, -0.2) is 55.4 Å². The van der Waals surface area contributed by atoms with Crippen LogP contribution in [0.2, 0.25) is 0 Å². The largest absolute Gasteiger partial charge is 0.376 e. The Morgan fingerprint density at radius 2 is 2.12 bits per heavy atom. The second-order valence-electron chi connectivity index (χ2n) is 5.07. The molecule has 2 rings (SSSR count). The fourth-order valence-electron chi connectivity index (χ4n) is 2.40. The Morgan fingerprint density at radius 1 is 1.35 bits per heavy atom. The summed E-state index contributed by atoms with van der Waals surface area (Å²) in [6.45, 7) is 4.07. The monoisotopic (exact) mass is 257 g/mol. The van der Waals surface area contributed by atoms with E-state index in [1.54, 1.807) is 0 Å². The minimum atomic E-state index is 0.354. The highest BCUT2D eigenvalue weighted by Gasteiger charge is 2.18. The van der Waals surface area contributed by atoms with Crippen molar-refractivity contribution in [2.45, 2.75) is 37.8 Å². The fourth-order valence-corrected chi connectivity index (χ4v) is 2.65. The van der Waals surface area contributed by atoms with E-state index in [4.69, 9.17) is 17.0 Å². The highest BCUT2D eigenvalue weighted by atomic mass is 32.1. The van der Waals surface area contributed by atoms with Crippen molar-refractivity contribution in [3.8, 4) is 0 Å². The van der Waals surface area contributed by atoms with Crippen molar-refractivity contribution < 1.29 is 4.74 Å². The molecule has 0 saturated carbocycles. The summed E-state index contributed by atoms with van der Waals surface area (Å²) in [5, 5.41) is 7.45. The fraction of sp³-hybridized carbons (Fsp3) is 0.917. The molecule has 5 heteroatoms. The first kappa shape index (κ1) is 13.1. The molecule has 0 aromatic heterocycles. The SMILES string of the molecule is CN1CCC(NC(=S)NC[C@@H]2CCCO2)CC1. The number of hydrogen-bond acceptors (Lipinski definition) is 3. The lowest BCUT2D eigenvalue weighted by atomic mass is 10.1. The predicted molar refractivity (Wildman–Crippen MR) is 73.2 cm³/mol. The van der Waals surface area contributed by atoms with Crippen molar-refractivity contribution in [2.24, 2.45) is 0 Å². The third kappa shape index (κ3) is 4.41. The van der Waals surface area contributed by atoms with Gasteiger partial charge in [-0.2, -0.15) is 0 Å². The molecule has 0 aliphatic carbocycles. The second-order valence-corrected chi connectivity index (χ2v) is 5.48. The molecule has 0 aromatic rings. The average molecular weight is 257 g/mol. The van der Waals surface area contributed by atoms with E-state index in [9.17, 15) is 0 Å². The molecule has 17 heavy (non-hydrogen) atoms. The van der Waals surface area contributed by atoms with E-state index >= 15 is 0 Å². The summed E-state index contributed by atoms with van der Waals surface area (Å²) in [6, 6.07) is 0.538. The first-order valence-corrected chi connectivity index (χ1v) is 6.99. The van der Waals surface area contributed by atoms with Crippen LogP contribution < -0.4 is 10.6 Å². The number of rotatable bonds is 3. The van der Waals surface area contributed by atoms with Crippen LogP contribution in [0.25, 0.3) is 0 Å². The number of likely N-dealkylation sites (tertiary alicyclic amines) is 1. The Morgan fingerprint density at radius 3 is 2.76 bits per heavy atom. The molecule has 0 amide bonds. The molecular weight excluding hydrogens is 234 g/mol. The Labute approximate surface area is 109 Å². The molecule has 0 spiro atoms. The number of hydrogen-bond donors (Lipinski definition) is 2. The van der Waals surface area contributed by atoms with Crippen LogP contribution in [0.5, 0.6) is 0 Å². The summed E-state index contributed by atoms with van der Waals surface area (Å²) < 4.78 is 5.55. The van der Waals surface area contributed by atoms with Crippen molar-refractivity contribution in [3.05, 3.63) is 0 Å². The minimum Gasteiger partial charge on any atom is -0.376 e. The van der Waals surface area contributed by atoms with Crippen molar-refractivity contribution in [3.63, 3.8) is 0 Å². The van der Waals surface area contributed by atoms with E-state index in [1.807, 2.05) is 0 Å². The summed E-state index contributed by atoms with van der Waals surface area (Å²) in [7, 11) is 2.17. The van der Waals surface area contributed by atoms with Crippen molar-refractivity contribution in [2.75, 3.05) is 33.3 Å². The third-order valence-electron chi connectivity index (χ3n) is 3.57. The van der Waals surface area contributed by atoms with Crippen LogP contribution >= 0.6 is 12.2 Å². The zero-order chi connectivity index (χ0) is 12.1. The number of nitrogens with zero attached hydrogens (tertiary/aromatic N) is 1. The number of ether oxygens (including phenoxy) is 1. The molecule has 0 bridgehead atoms. The Bertz CT molecular complexity index is 248. The molecule has 0 radical (unpaired) electrons. The number of piperidine rings is 1. The van der Waals surface area contributed by atoms with Crippen LogP contribution in [-0.2, 0) is 4.74 Å². The molecule has 2 fully saturated rings. The highest BCUT2D eigenvalue weighted by Crippen LogP contribution is 2.11. The van der Waals surface area contributed by atoms with Gasteiger partial charge in [0.2, 0.25) is 0 Å². The molecule has 4 nitrogen and oxygen atoms in total.